The van der Waals surface area contributed by atoms with Gasteiger partial charge < -0.3 is 15.4 Å². The van der Waals surface area contributed by atoms with Crippen LogP contribution in [0.2, 0.25) is 0 Å². The van der Waals surface area contributed by atoms with Crippen LogP contribution in [0.1, 0.15) is 72.6 Å². The lowest BCUT2D eigenvalue weighted by Crippen LogP contribution is -2.63. The molecule has 4 N–H and O–H groups in total. The second-order valence-corrected chi connectivity index (χ2v) is 12.0. The van der Waals surface area contributed by atoms with Gasteiger partial charge in [0.05, 0.1) is 33.7 Å². The Balaban J connectivity index is 1.06. The minimum Gasteiger partial charge on any atom is -0.384 e. The first-order valence-electron chi connectivity index (χ1n) is 13.1. The molecule has 5 rings (SSSR count). The third-order valence-electron chi connectivity index (χ3n) is 7.87. The van der Waals surface area contributed by atoms with E-state index in [4.69, 9.17) is 0 Å². The van der Waals surface area contributed by atoms with Crippen molar-refractivity contribution in [1.29, 1.82) is 0 Å². The largest absolute Gasteiger partial charge is 0.416 e. The number of hydrazine groups is 1. The van der Waals surface area contributed by atoms with E-state index < -0.39 is 23.5 Å². The number of aromatic nitrogens is 1. The Morgan fingerprint density at radius 1 is 1.29 bits per heavy atom. The molecule has 208 valence electrons. The Labute approximate surface area is 224 Å². The minimum atomic E-state index is -4.43. The van der Waals surface area contributed by atoms with Crippen molar-refractivity contribution in [1.82, 2.24) is 25.9 Å². The molecule has 38 heavy (non-hydrogen) atoms. The SMILES string of the molecule is CC(C)c1ncc(C2(O)CCC(N3CC(NC(=O)CNC4NN(C)c5ccc(C(F)(F)F)cc54)C3)CC2)s1. The van der Waals surface area contributed by atoms with Crippen LogP contribution in [0, 0.1) is 0 Å². The Bertz CT molecular complexity index is 1160. The first-order chi connectivity index (χ1) is 17.9. The summed E-state index contributed by atoms with van der Waals surface area (Å²) in [6.45, 7) is 5.72. The summed E-state index contributed by atoms with van der Waals surface area (Å²) < 4.78 is 39.5. The fourth-order valence-corrected chi connectivity index (χ4v) is 6.66. The topological polar surface area (TPSA) is 92.8 Å². The van der Waals surface area contributed by atoms with Gasteiger partial charge in [-0.25, -0.2) is 10.4 Å². The Kier molecular flexibility index (Phi) is 7.46. The van der Waals surface area contributed by atoms with Crippen molar-refractivity contribution >= 4 is 22.9 Å². The van der Waals surface area contributed by atoms with Crippen LogP contribution in [0.3, 0.4) is 0 Å². The maximum atomic E-state index is 13.2. The molecule has 3 heterocycles. The van der Waals surface area contributed by atoms with E-state index in [2.05, 4.69) is 39.8 Å². The predicted molar refractivity (Wildman–Crippen MR) is 140 cm³/mol. The summed E-state index contributed by atoms with van der Waals surface area (Å²) in [4.78, 5) is 20.3. The summed E-state index contributed by atoms with van der Waals surface area (Å²) in [5.41, 5.74) is 2.64. The number of aliphatic hydroxyl groups is 1. The summed E-state index contributed by atoms with van der Waals surface area (Å²) in [5, 5.41) is 20.0. The predicted octanol–water partition coefficient (Wildman–Crippen LogP) is 3.46. The van der Waals surface area contributed by atoms with E-state index in [1.807, 2.05) is 6.20 Å². The molecule has 12 heteroatoms. The van der Waals surface area contributed by atoms with Gasteiger partial charge in [-0.15, -0.1) is 11.3 Å². The lowest BCUT2D eigenvalue weighted by Gasteiger charge is -2.48. The van der Waals surface area contributed by atoms with Crippen LogP contribution in [0.25, 0.3) is 0 Å². The van der Waals surface area contributed by atoms with Crippen LogP contribution in [0.15, 0.2) is 24.4 Å². The minimum absolute atomic E-state index is 0.0125. The van der Waals surface area contributed by atoms with Gasteiger partial charge in [-0.1, -0.05) is 13.8 Å². The molecule has 0 spiro atoms. The van der Waals surface area contributed by atoms with Crippen LogP contribution >= 0.6 is 11.3 Å². The molecule has 2 aliphatic heterocycles. The number of nitrogens with one attached hydrogen (secondary N) is 3. The number of hydrogen-bond acceptors (Lipinski definition) is 8. The maximum absolute atomic E-state index is 13.2. The third-order valence-corrected chi connectivity index (χ3v) is 9.36. The highest BCUT2D eigenvalue weighted by atomic mass is 32.1. The van der Waals surface area contributed by atoms with Gasteiger partial charge in [0.15, 0.2) is 0 Å². The molecule has 0 radical (unpaired) electrons. The van der Waals surface area contributed by atoms with E-state index >= 15 is 0 Å². The van der Waals surface area contributed by atoms with Crippen LogP contribution in [0.4, 0.5) is 18.9 Å². The van der Waals surface area contributed by atoms with Gasteiger partial charge in [0.2, 0.25) is 5.91 Å². The highest BCUT2D eigenvalue weighted by Crippen LogP contribution is 2.42. The number of amides is 1. The molecule has 8 nitrogen and oxygen atoms in total. The smallest absolute Gasteiger partial charge is 0.384 e. The average Bonchev–Trinajstić information content (AvgIpc) is 3.46. The number of thiazole rings is 1. The standard InChI is InChI=1S/C26H35F3N6O2S/c1-15(2)24-31-11-21(38-24)25(37)8-6-18(7-9-25)35-13-17(14-35)32-22(36)12-30-23-19-10-16(26(27,28)29)4-5-20(19)34(3)33-23/h4-5,10-11,15,17-18,23,30,33,37H,6-9,12-14H2,1-3H3,(H,32,36). The number of rotatable bonds is 7. The molecule has 1 saturated carbocycles. The van der Waals surface area contributed by atoms with Crippen LogP contribution in [-0.4, -0.2) is 59.7 Å². The molecule has 2 fully saturated rings. The number of hydrogen-bond donors (Lipinski definition) is 4. The molecular weight excluding hydrogens is 517 g/mol. The molecule has 1 aliphatic carbocycles. The van der Waals surface area contributed by atoms with Crippen LogP contribution in [0.5, 0.6) is 0 Å². The second kappa shape index (κ2) is 10.4. The fraction of sp³-hybridized carbons (Fsp3) is 0.615. The van der Waals surface area contributed by atoms with Crippen molar-refractivity contribution in [2.45, 2.75) is 75.5 Å². The van der Waals surface area contributed by atoms with Gasteiger partial charge in [-0.05, 0) is 43.9 Å². The van der Waals surface area contributed by atoms with Crippen molar-refractivity contribution in [2.75, 3.05) is 31.7 Å². The maximum Gasteiger partial charge on any atom is 0.416 e. The van der Waals surface area contributed by atoms with Crippen molar-refractivity contribution in [3.8, 4) is 0 Å². The zero-order valence-electron chi connectivity index (χ0n) is 21.8. The number of nitrogens with zero attached hydrogens (tertiary/aromatic N) is 3. The lowest BCUT2D eigenvalue weighted by atomic mass is 9.80. The monoisotopic (exact) mass is 552 g/mol. The van der Waals surface area contributed by atoms with Gasteiger partial charge in [-0.2, -0.15) is 13.2 Å². The lowest BCUT2D eigenvalue weighted by molar-refractivity contribution is -0.137. The average molecular weight is 553 g/mol. The summed E-state index contributed by atoms with van der Waals surface area (Å²) >= 11 is 1.61. The summed E-state index contributed by atoms with van der Waals surface area (Å²) in [5.74, 6) is 0.162. The van der Waals surface area contributed by atoms with Crippen molar-refractivity contribution < 1.29 is 23.1 Å². The van der Waals surface area contributed by atoms with Gasteiger partial charge >= 0.3 is 6.18 Å². The summed E-state index contributed by atoms with van der Waals surface area (Å²) in [6, 6.07) is 4.04. The van der Waals surface area contributed by atoms with E-state index in [9.17, 15) is 23.1 Å². The summed E-state index contributed by atoms with van der Waals surface area (Å²) in [6.07, 6.45) is 0.0174. The normalized spacial score (nSPS) is 26.5. The number of fused-ring (bicyclic) bond motifs is 1. The van der Waals surface area contributed by atoms with Gasteiger partial charge in [0, 0.05) is 43.9 Å². The first kappa shape index (κ1) is 27.3. The molecule has 1 aromatic heterocycles. The molecule has 1 unspecified atom stereocenters. The molecule has 1 atom stereocenters. The molecular formula is C26H35F3N6O2S. The second-order valence-electron chi connectivity index (χ2n) is 11.0. The van der Waals surface area contributed by atoms with E-state index in [-0.39, 0.29) is 18.5 Å². The van der Waals surface area contributed by atoms with Crippen molar-refractivity contribution in [3.05, 3.63) is 45.4 Å². The van der Waals surface area contributed by atoms with Crippen molar-refractivity contribution in [3.63, 3.8) is 0 Å². The Morgan fingerprint density at radius 3 is 2.63 bits per heavy atom. The first-order valence-corrected chi connectivity index (χ1v) is 13.9. The Morgan fingerprint density at radius 2 is 2.00 bits per heavy atom. The van der Waals surface area contributed by atoms with Gasteiger partial charge in [-0.3, -0.25) is 15.0 Å². The number of likely N-dealkylation sites (tertiary alicyclic amines) is 1. The molecule has 1 aromatic carbocycles. The fourth-order valence-electron chi connectivity index (χ4n) is 5.59. The highest BCUT2D eigenvalue weighted by Gasteiger charge is 2.41. The third kappa shape index (κ3) is 5.55. The van der Waals surface area contributed by atoms with E-state index in [1.54, 1.807) is 23.4 Å². The van der Waals surface area contributed by atoms with Crippen LogP contribution < -0.4 is 21.1 Å². The zero-order valence-corrected chi connectivity index (χ0v) is 22.6. The zero-order chi connectivity index (χ0) is 27.2. The quantitative estimate of drug-likeness (QED) is 0.418. The molecule has 1 saturated heterocycles. The summed E-state index contributed by atoms with van der Waals surface area (Å²) in [7, 11) is 1.73. The number of halogens is 3. The molecule has 2 aromatic rings. The Hall–Kier alpha value is -2.25. The van der Waals surface area contributed by atoms with E-state index in [0.29, 0.717) is 36.1 Å². The van der Waals surface area contributed by atoms with E-state index in [1.165, 1.54) is 6.07 Å². The number of carbonyl (C=O) groups is 1. The number of anilines is 1. The molecule has 3 aliphatic rings. The van der Waals surface area contributed by atoms with Crippen LogP contribution in [-0.2, 0) is 16.6 Å². The van der Waals surface area contributed by atoms with Gasteiger partial charge in [0.25, 0.3) is 0 Å². The molecule has 1 amide bonds. The number of carbonyl (C=O) groups excluding carboxylic acids is 1. The van der Waals surface area contributed by atoms with Gasteiger partial charge in [0.1, 0.15) is 11.8 Å². The van der Waals surface area contributed by atoms with Crippen molar-refractivity contribution in [2.24, 2.45) is 0 Å². The number of benzene rings is 1. The molecule has 0 bridgehead atoms. The highest BCUT2D eigenvalue weighted by molar-refractivity contribution is 7.11. The number of alkyl halides is 3. The van der Waals surface area contributed by atoms with E-state index in [0.717, 1.165) is 47.9 Å².